The third kappa shape index (κ3) is 5.62. The van der Waals surface area contributed by atoms with Crippen LogP contribution in [-0.4, -0.2) is 65.9 Å². The number of benzene rings is 2. The Balaban J connectivity index is 1.13. The molecular formula is C29H36N4O3. The Morgan fingerprint density at radius 3 is 2.53 bits per heavy atom. The lowest BCUT2D eigenvalue weighted by Gasteiger charge is -2.34. The summed E-state index contributed by atoms with van der Waals surface area (Å²) in [7, 11) is 0. The Bertz CT molecular complexity index is 1180. The van der Waals surface area contributed by atoms with E-state index in [0.717, 1.165) is 44.6 Å². The number of hydrogen-bond donors (Lipinski definition) is 1. The van der Waals surface area contributed by atoms with Gasteiger partial charge in [0.1, 0.15) is 5.52 Å². The van der Waals surface area contributed by atoms with Crippen LogP contribution in [0.1, 0.15) is 49.4 Å². The van der Waals surface area contributed by atoms with E-state index in [9.17, 15) is 9.59 Å². The maximum atomic E-state index is 13.2. The summed E-state index contributed by atoms with van der Waals surface area (Å²) < 4.78 is 5.88. The second kappa shape index (κ2) is 11.2. The summed E-state index contributed by atoms with van der Waals surface area (Å²) >= 11 is 0. The minimum absolute atomic E-state index is 0.0123. The molecule has 7 heteroatoms. The van der Waals surface area contributed by atoms with Gasteiger partial charge in [-0.1, -0.05) is 31.5 Å². The molecule has 3 heterocycles. The third-order valence-corrected chi connectivity index (χ3v) is 7.78. The number of nitrogens with one attached hydrogen (secondary N) is 1. The van der Waals surface area contributed by atoms with Gasteiger partial charge in [-0.3, -0.25) is 9.59 Å². The smallest absolute Gasteiger partial charge is 0.253 e. The van der Waals surface area contributed by atoms with E-state index in [1.54, 1.807) is 0 Å². The number of carbonyl (C=O) groups is 2. The van der Waals surface area contributed by atoms with Crippen molar-refractivity contribution in [1.29, 1.82) is 0 Å². The van der Waals surface area contributed by atoms with Gasteiger partial charge in [0.25, 0.3) is 5.91 Å². The van der Waals surface area contributed by atoms with Crippen molar-refractivity contribution < 1.29 is 14.0 Å². The van der Waals surface area contributed by atoms with Crippen LogP contribution < -0.4 is 5.32 Å². The highest BCUT2D eigenvalue weighted by Crippen LogP contribution is 2.28. The molecule has 0 unspecified atom stereocenters. The summed E-state index contributed by atoms with van der Waals surface area (Å²) in [6.07, 6.45) is 5.55. The molecule has 1 atom stereocenters. The van der Waals surface area contributed by atoms with E-state index < -0.39 is 0 Å². The molecule has 0 saturated carbocycles. The minimum atomic E-state index is -0.0357. The van der Waals surface area contributed by atoms with Gasteiger partial charge in [-0.15, -0.1) is 0 Å². The first-order chi connectivity index (χ1) is 17.6. The summed E-state index contributed by atoms with van der Waals surface area (Å²) in [5.74, 6) is 0.974. The molecule has 3 aromatic rings. The zero-order chi connectivity index (χ0) is 24.9. The molecule has 0 bridgehead atoms. The van der Waals surface area contributed by atoms with Crippen molar-refractivity contribution >= 4 is 22.9 Å². The number of aromatic nitrogens is 1. The van der Waals surface area contributed by atoms with E-state index in [0.29, 0.717) is 41.6 Å². The number of fused-ring (bicyclic) bond motifs is 1. The van der Waals surface area contributed by atoms with Crippen molar-refractivity contribution in [3.8, 4) is 11.5 Å². The molecule has 0 spiro atoms. The quantitative estimate of drug-likeness (QED) is 0.527. The van der Waals surface area contributed by atoms with Crippen LogP contribution in [0.3, 0.4) is 0 Å². The molecule has 2 aliphatic rings. The first-order valence-electron chi connectivity index (χ1n) is 13.3. The number of hydrogen-bond acceptors (Lipinski definition) is 5. The maximum Gasteiger partial charge on any atom is 0.253 e. The minimum Gasteiger partial charge on any atom is -0.436 e. The van der Waals surface area contributed by atoms with E-state index in [1.807, 2.05) is 60.4 Å². The van der Waals surface area contributed by atoms with Gasteiger partial charge in [-0.25, -0.2) is 4.98 Å². The molecule has 0 aliphatic carbocycles. The van der Waals surface area contributed by atoms with Crippen molar-refractivity contribution in [2.45, 2.75) is 39.0 Å². The van der Waals surface area contributed by atoms with Crippen molar-refractivity contribution in [3.05, 3.63) is 54.1 Å². The standard InChI is InChI=1S/C29H36N4O3/c1-21(27(34)30-14-19-32-15-6-3-7-16-32)22-12-17-33(18-13-22)29(35)24-10-11-26-25(20-24)31-28(36-26)23-8-4-2-5-9-23/h2,4-5,8-11,20-22H,3,6-7,12-19H2,1H3,(H,30,34)/t21-/m1/s1. The van der Waals surface area contributed by atoms with Gasteiger partial charge in [0.15, 0.2) is 5.58 Å². The van der Waals surface area contributed by atoms with Gasteiger partial charge >= 0.3 is 0 Å². The molecule has 2 amide bonds. The summed E-state index contributed by atoms with van der Waals surface area (Å²) in [6.45, 7) is 7.32. The fraction of sp³-hybridized carbons (Fsp3) is 0.483. The first-order valence-corrected chi connectivity index (χ1v) is 13.3. The van der Waals surface area contributed by atoms with Gasteiger partial charge in [-0.05, 0) is 75.0 Å². The van der Waals surface area contributed by atoms with Crippen molar-refractivity contribution in [2.75, 3.05) is 39.3 Å². The Morgan fingerprint density at radius 2 is 1.78 bits per heavy atom. The number of piperidine rings is 2. The van der Waals surface area contributed by atoms with Crippen LogP contribution in [0.4, 0.5) is 0 Å². The summed E-state index contributed by atoms with van der Waals surface area (Å²) in [5, 5.41) is 3.14. The van der Waals surface area contributed by atoms with Gasteiger partial charge in [0.05, 0.1) is 0 Å². The molecular weight excluding hydrogens is 452 g/mol. The Kier molecular flexibility index (Phi) is 7.66. The Morgan fingerprint density at radius 1 is 1.03 bits per heavy atom. The lowest BCUT2D eigenvalue weighted by Crippen LogP contribution is -2.44. The Hall–Kier alpha value is -3.19. The lowest BCUT2D eigenvalue weighted by molar-refractivity contribution is -0.126. The van der Waals surface area contributed by atoms with E-state index >= 15 is 0 Å². The number of rotatable bonds is 7. The van der Waals surface area contributed by atoms with Crippen molar-refractivity contribution in [1.82, 2.24) is 20.1 Å². The molecule has 2 aliphatic heterocycles. The molecule has 190 valence electrons. The molecule has 1 N–H and O–H groups in total. The fourth-order valence-corrected chi connectivity index (χ4v) is 5.45. The highest BCUT2D eigenvalue weighted by Gasteiger charge is 2.30. The zero-order valence-corrected chi connectivity index (χ0v) is 21.1. The van der Waals surface area contributed by atoms with Crippen LogP contribution in [0.25, 0.3) is 22.6 Å². The zero-order valence-electron chi connectivity index (χ0n) is 21.1. The third-order valence-electron chi connectivity index (χ3n) is 7.78. The summed E-state index contributed by atoms with van der Waals surface area (Å²) in [5.41, 5.74) is 2.89. The van der Waals surface area contributed by atoms with Crippen LogP contribution >= 0.6 is 0 Å². The van der Waals surface area contributed by atoms with Crippen LogP contribution in [0.15, 0.2) is 52.9 Å². The maximum absolute atomic E-state index is 13.2. The molecule has 7 nitrogen and oxygen atoms in total. The first kappa shape index (κ1) is 24.5. The summed E-state index contributed by atoms with van der Waals surface area (Å²) in [4.78, 5) is 34.9. The van der Waals surface area contributed by atoms with Crippen LogP contribution in [0.2, 0.25) is 0 Å². The van der Waals surface area contributed by atoms with Gasteiger partial charge in [0.2, 0.25) is 11.8 Å². The highest BCUT2D eigenvalue weighted by molar-refractivity contribution is 5.97. The molecule has 2 saturated heterocycles. The van der Waals surface area contributed by atoms with E-state index in [-0.39, 0.29) is 17.7 Å². The van der Waals surface area contributed by atoms with Crippen LogP contribution in [0, 0.1) is 11.8 Å². The van der Waals surface area contributed by atoms with E-state index in [4.69, 9.17) is 4.42 Å². The largest absolute Gasteiger partial charge is 0.436 e. The molecule has 36 heavy (non-hydrogen) atoms. The van der Waals surface area contributed by atoms with Crippen LogP contribution in [0.5, 0.6) is 0 Å². The van der Waals surface area contributed by atoms with Gasteiger partial charge < -0.3 is 19.5 Å². The molecule has 2 fully saturated rings. The normalized spacial score (nSPS) is 18.3. The van der Waals surface area contributed by atoms with Gasteiger partial charge in [-0.2, -0.15) is 0 Å². The number of amides is 2. The second-order valence-corrected chi connectivity index (χ2v) is 10.2. The molecule has 0 radical (unpaired) electrons. The fourth-order valence-electron chi connectivity index (χ4n) is 5.45. The second-order valence-electron chi connectivity index (χ2n) is 10.2. The number of likely N-dealkylation sites (tertiary alicyclic amines) is 2. The highest BCUT2D eigenvalue weighted by atomic mass is 16.3. The monoisotopic (exact) mass is 488 g/mol. The number of oxazole rings is 1. The molecule has 2 aromatic carbocycles. The van der Waals surface area contributed by atoms with Crippen molar-refractivity contribution in [2.24, 2.45) is 11.8 Å². The average Bonchev–Trinajstić information content (AvgIpc) is 3.37. The number of nitrogens with zero attached hydrogens (tertiary/aromatic N) is 3. The lowest BCUT2D eigenvalue weighted by atomic mass is 9.84. The van der Waals surface area contributed by atoms with Gasteiger partial charge in [0, 0.05) is 43.2 Å². The summed E-state index contributed by atoms with van der Waals surface area (Å²) in [6, 6.07) is 15.2. The predicted molar refractivity (Wildman–Crippen MR) is 141 cm³/mol. The number of carbonyl (C=O) groups excluding carboxylic acids is 2. The van der Waals surface area contributed by atoms with Crippen LogP contribution in [-0.2, 0) is 4.79 Å². The average molecular weight is 489 g/mol. The predicted octanol–water partition coefficient (Wildman–Crippen LogP) is 4.59. The van der Waals surface area contributed by atoms with Crippen molar-refractivity contribution in [3.63, 3.8) is 0 Å². The SMILES string of the molecule is C[C@@H](C(=O)NCCN1CCCCC1)C1CCN(C(=O)c2ccc3oc(-c4ccccc4)nc3c2)CC1. The Labute approximate surface area is 212 Å². The topological polar surface area (TPSA) is 78.7 Å². The van der Waals surface area contributed by atoms with E-state index in [2.05, 4.69) is 15.2 Å². The molecule has 5 rings (SSSR count). The van der Waals surface area contributed by atoms with E-state index in [1.165, 1.54) is 19.3 Å². The molecule has 1 aromatic heterocycles.